The van der Waals surface area contributed by atoms with E-state index in [1.807, 2.05) is 0 Å². The standard InChI is InChI=1S/C13H15ClN2O4/c14-12-4-3-10(16(19)20)6-11(12)13(18)15-5-1-2-9(7-15)8-17/h3-4,6,9,17H,1-2,5,7-8H2. The van der Waals surface area contributed by atoms with Gasteiger partial charge >= 0.3 is 0 Å². The number of carbonyl (C=O) groups excluding carboxylic acids is 1. The minimum absolute atomic E-state index is 0.0342. The quantitative estimate of drug-likeness (QED) is 0.684. The van der Waals surface area contributed by atoms with E-state index in [9.17, 15) is 20.0 Å². The van der Waals surface area contributed by atoms with E-state index in [-0.39, 0.29) is 34.7 Å². The predicted molar refractivity (Wildman–Crippen MR) is 73.8 cm³/mol. The van der Waals surface area contributed by atoms with Crippen molar-refractivity contribution in [1.29, 1.82) is 0 Å². The van der Waals surface area contributed by atoms with Crippen molar-refractivity contribution in [2.45, 2.75) is 12.8 Å². The molecule has 1 atom stereocenters. The zero-order valence-corrected chi connectivity index (χ0v) is 11.5. The molecule has 1 unspecified atom stereocenters. The van der Waals surface area contributed by atoms with Crippen LogP contribution < -0.4 is 0 Å². The van der Waals surface area contributed by atoms with Gasteiger partial charge in [-0.15, -0.1) is 0 Å². The molecule has 1 saturated heterocycles. The maximum atomic E-state index is 12.4. The lowest BCUT2D eigenvalue weighted by Gasteiger charge is -2.32. The number of nitrogens with zero attached hydrogens (tertiary/aromatic N) is 2. The molecule has 0 radical (unpaired) electrons. The third-order valence-corrected chi connectivity index (χ3v) is 3.79. The van der Waals surface area contributed by atoms with Crippen molar-refractivity contribution in [3.05, 3.63) is 38.9 Å². The number of benzene rings is 1. The van der Waals surface area contributed by atoms with Crippen molar-refractivity contribution in [1.82, 2.24) is 4.90 Å². The Balaban J connectivity index is 2.24. The molecule has 0 spiro atoms. The van der Waals surface area contributed by atoms with E-state index in [2.05, 4.69) is 0 Å². The van der Waals surface area contributed by atoms with Crippen LogP contribution in [-0.2, 0) is 0 Å². The van der Waals surface area contributed by atoms with E-state index in [1.54, 1.807) is 4.90 Å². The molecule has 1 aliphatic rings. The van der Waals surface area contributed by atoms with Crippen LogP contribution in [0.4, 0.5) is 5.69 Å². The lowest BCUT2D eigenvalue weighted by molar-refractivity contribution is -0.384. The molecule has 1 N–H and O–H groups in total. The van der Waals surface area contributed by atoms with Crippen molar-refractivity contribution < 1.29 is 14.8 Å². The van der Waals surface area contributed by atoms with Gasteiger partial charge in [-0.25, -0.2) is 0 Å². The molecule has 1 aromatic rings. The monoisotopic (exact) mass is 298 g/mol. The van der Waals surface area contributed by atoms with Gasteiger partial charge in [0.05, 0.1) is 15.5 Å². The zero-order valence-electron chi connectivity index (χ0n) is 10.8. The van der Waals surface area contributed by atoms with E-state index >= 15 is 0 Å². The van der Waals surface area contributed by atoms with Crippen LogP contribution in [0.25, 0.3) is 0 Å². The Hall–Kier alpha value is -1.66. The van der Waals surface area contributed by atoms with Crippen LogP contribution in [0.2, 0.25) is 5.02 Å². The number of aliphatic hydroxyl groups excluding tert-OH is 1. The predicted octanol–water partition coefficient (Wildman–Crippen LogP) is 2.09. The minimum atomic E-state index is -0.556. The molecule has 1 aliphatic heterocycles. The summed E-state index contributed by atoms with van der Waals surface area (Å²) in [6, 6.07) is 3.83. The van der Waals surface area contributed by atoms with Crippen molar-refractivity contribution in [2.75, 3.05) is 19.7 Å². The van der Waals surface area contributed by atoms with Crippen LogP contribution in [-0.4, -0.2) is 40.5 Å². The average Bonchev–Trinajstić information content (AvgIpc) is 2.46. The van der Waals surface area contributed by atoms with Crippen LogP contribution in [0.5, 0.6) is 0 Å². The molecule has 1 heterocycles. The number of piperidine rings is 1. The number of non-ortho nitro benzene ring substituents is 1. The van der Waals surface area contributed by atoms with Crippen molar-refractivity contribution in [2.24, 2.45) is 5.92 Å². The fraction of sp³-hybridized carbons (Fsp3) is 0.462. The molecule has 20 heavy (non-hydrogen) atoms. The van der Waals surface area contributed by atoms with Gasteiger partial charge < -0.3 is 10.0 Å². The van der Waals surface area contributed by atoms with E-state index in [4.69, 9.17) is 11.6 Å². The van der Waals surface area contributed by atoms with Gasteiger partial charge in [0.25, 0.3) is 11.6 Å². The Morgan fingerprint density at radius 3 is 2.95 bits per heavy atom. The number of amides is 1. The number of hydrogen-bond acceptors (Lipinski definition) is 4. The molecule has 1 aromatic carbocycles. The van der Waals surface area contributed by atoms with Crippen molar-refractivity contribution in [3.63, 3.8) is 0 Å². The minimum Gasteiger partial charge on any atom is -0.396 e. The van der Waals surface area contributed by atoms with Crippen LogP contribution in [0.1, 0.15) is 23.2 Å². The second-order valence-electron chi connectivity index (χ2n) is 4.86. The topological polar surface area (TPSA) is 83.7 Å². The summed E-state index contributed by atoms with van der Waals surface area (Å²) in [6.07, 6.45) is 1.69. The first-order chi connectivity index (χ1) is 9.52. The smallest absolute Gasteiger partial charge is 0.270 e. The highest BCUT2D eigenvalue weighted by molar-refractivity contribution is 6.33. The second-order valence-corrected chi connectivity index (χ2v) is 5.27. The van der Waals surface area contributed by atoms with E-state index in [1.165, 1.54) is 18.2 Å². The van der Waals surface area contributed by atoms with Gasteiger partial charge in [-0.2, -0.15) is 0 Å². The summed E-state index contributed by atoms with van der Waals surface area (Å²) in [4.78, 5) is 24.2. The lowest BCUT2D eigenvalue weighted by Crippen LogP contribution is -2.41. The Morgan fingerprint density at radius 1 is 1.55 bits per heavy atom. The van der Waals surface area contributed by atoms with Crippen molar-refractivity contribution >= 4 is 23.2 Å². The highest BCUT2D eigenvalue weighted by Crippen LogP contribution is 2.25. The number of halogens is 1. The summed E-state index contributed by atoms with van der Waals surface area (Å²) in [5.41, 5.74) is -0.0204. The molecule has 2 rings (SSSR count). The SMILES string of the molecule is O=C(c1cc([N+](=O)[O-])ccc1Cl)N1CCCC(CO)C1. The molecule has 1 fully saturated rings. The molecular weight excluding hydrogens is 284 g/mol. The largest absolute Gasteiger partial charge is 0.396 e. The van der Waals surface area contributed by atoms with Crippen LogP contribution >= 0.6 is 11.6 Å². The van der Waals surface area contributed by atoms with Gasteiger partial charge in [0.15, 0.2) is 0 Å². The Kier molecular flexibility index (Phi) is 4.57. The Bertz CT molecular complexity index is 535. The molecular formula is C13H15ClN2O4. The van der Waals surface area contributed by atoms with Crippen LogP contribution in [0, 0.1) is 16.0 Å². The summed E-state index contributed by atoms with van der Waals surface area (Å²) >= 11 is 5.97. The van der Waals surface area contributed by atoms with E-state index < -0.39 is 4.92 Å². The maximum Gasteiger partial charge on any atom is 0.270 e. The fourth-order valence-corrected chi connectivity index (χ4v) is 2.56. The number of rotatable bonds is 3. The number of aliphatic hydroxyl groups is 1. The molecule has 0 aliphatic carbocycles. The van der Waals surface area contributed by atoms with Gasteiger partial charge in [-0.1, -0.05) is 11.6 Å². The summed E-state index contributed by atoms with van der Waals surface area (Å²) in [6.45, 7) is 1.06. The summed E-state index contributed by atoms with van der Waals surface area (Å²) in [5, 5.41) is 20.1. The van der Waals surface area contributed by atoms with E-state index in [0.29, 0.717) is 13.1 Å². The second kappa shape index (κ2) is 6.19. The Labute approximate surface area is 121 Å². The van der Waals surface area contributed by atoms with Gasteiger partial charge in [-0.3, -0.25) is 14.9 Å². The number of likely N-dealkylation sites (tertiary alicyclic amines) is 1. The number of nitro benzene ring substituents is 1. The van der Waals surface area contributed by atoms with Gasteiger partial charge in [-0.05, 0) is 24.8 Å². The Morgan fingerprint density at radius 2 is 2.30 bits per heavy atom. The first-order valence-electron chi connectivity index (χ1n) is 6.37. The molecule has 0 aromatic heterocycles. The number of nitro groups is 1. The number of hydrogen-bond donors (Lipinski definition) is 1. The number of carbonyl (C=O) groups is 1. The van der Waals surface area contributed by atoms with Crippen molar-refractivity contribution in [3.8, 4) is 0 Å². The summed E-state index contributed by atoms with van der Waals surface area (Å²) in [7, 11) is 0. The maximum absolute atomic E-state index is 12.4. The summed E-state index contributed by atoms with van der Waals surface area (Å²) in [5.74, 6) is -0.262. The average molecular weight is 299 g/mol. The van der Waals surface area contributed by atoms with E-state index in [0.717, 1.165) is 12.8 Å². The molecule has 108 valence electrons. The molecule has 1 amide bonds. The fourth-order valence-electron chi connectivity index (χ4n) is 2.36. The van der Waals surface area contributed by atoms with Crippen LogP contribution in [0.15, 0.2) is 18.2 Å². The van der Waals surface area contributed by atoms with Gasteiger partial charge in [0.2, 0.25) is 0 Å². The third kappa shape index (κ3) is 3.08. The summed E-state index contributed by atoms with van der Waals surface area (Å²) < 4.78 is 0. The highest BCUT2D eigenvalue weighted by atomic mass is 35.5. The molecule has 6 nitrogen and oxygen atoms in total. The molecule has 7 heteroatoms. The zero-order chi connectivity index (χ0) is 14.7. The molecule has 0 bridgehead atoms. The first kappa shape index (κ1) is 14.7. The highest BCUT2D eigenvalue weighted by Gasteiger charge is 2.26. The first-order valence-corrected chi connectivity index (χ1v) is 6.74. The third-order valence-electron chi connectivity index (χ3n) is 3.46. The lowest BCUT2D eigenvalue weighted by atomic mass is 9.98. The molecule has 0 saturated carbocycles. The van der Waals surface area contributed by atoms with Gasteiger partial charge in [0.1, 0.15) is 0 Å². The van der Waals surface area contributed by atoms with Gasteiger partial charge in [0, 0.05) is 31.8 Å². The van der Waals surface area contributed by atoms with Crippen LogP contribution in [0.3, 0.4) is 0 Å². The normalized spacial score (nSPS) is 18.9.